The first-order chi connectivity index (χ1) is 26.4. The Balaban J connectivity index is 1.12. The van der Waals surface area contributed by atoms with Gasteiger partial charge in [0.15, 0.2) is 0 Å². The van der Waals surface area contributed by atoms with Crippen molar-refractivity contribution in [3.8, 4) is 34.8 Å². The van der Waals surface area contributed by atoms with Gasteiger partial charge in [0.2, 0.25) is 0 Å². The molecular weight excluding hydrogens is 669 g/mol. The van der Waals surface area contributed by atoms with Crippen molar-refractivity contribution in [1.29, 1.82) is 5.26 Å². The van der Waals surface area contributed by atoms with E-state index >= 15 is 0 Å². The molecule has 0 aliphatic carbocycles. The fourth-order valence-corrected chi connectivity index (χ4v) is 5.56. The van der Waals surface area contributed by atoms with Crippen LogP contribution < -0.4 is 9.64 Å². The number of benzene rings is 4. The fourth-order valence-electron chi connectivity index (χ4n) is 5.56. The molecule has 0 fully saturated rings. The second-order valence-electron chi connectivity index (χ2n) is 12.8. The van der Waals surface area contributed by atoms with Crippen LogP contribution in [0.5, 0.6) is 5.75 Å². The van der Waals surface area contributed by atoms with E-state index in [0.29, 0.717) is 13.0 Å². The average molecular weight is 715 g/mol. The molecule has 0 unspecified atom stereocenters. The molecule has 272 valence electrons. The van der Waals surface area contributed by atoms with Crippen LogP contribution in [0.2, 0.25) is 0 Å². The number of rotatable bonds is 18. The van der Waals surface area contributed by atoms with Gasteiger partial charge in [-0.25, -0.2) is 15.0 Å². The highest BCUT2D eigenvalue weighted by atomic mass is 16.5. The molecule has 0 saturated heterocycles. The van der Waals surface area contributed by atoms with E-state index in [1.54, 1.807) is 12.2 Å². The Bertz CT molecular complexity index is 2030. The van der Waals surface area contributed by atoms with Crippen LogP contribution in [0.1, 0.15) is 80.5 Å². The van der Waals surface area contributed by atoms with Crippen LogP contribution in [-0.4, -0.2) is 32.8 Å². The van der Waals surface area contributed by atoms with Crippen molar-refractivity contribution in [2.45, 2.75) is 58.3 Å². The average Bonchev–Trinajstić information content (AvgIpc) is 3.21. The number of esters is 1. The number of hydrogen-bond acceptors (Lipinski definition) is 5. The summed E-state index contributed by atoms with van der Waals surface area (Å²) in [5, 5.41) is 8.94. The molecule has 7 nitrogen and oxygen atoms in total. The highest BCUT2D eigenvalue weighted by molar-refractivity contribution is 5.95. The third-order valence-corrected chi connectivity index (χ3v) is 8.73. The number of carbonyl (C=O) groups excluding carboxylic acids is 1. The smallest absolute Gasteiger partial charge is 0.336 e. The lowest BCUT2D eigenvalue weighted by molar-refractivity contribution is -0.138. The Labute approximate surface area is 320 Å². The predicted molar refractivity (Wildman–Crippen MR) is 218 cm³/mol. The lowest BCUT2D eigenvalue weighted by Crippen LogP contribution is -2.18. The first-order valence-electron chi connectivity index (χ1n) is 18.4. The van der Waals surface area contributed by atoms with Gasteiger partial charge in [-0.1, -0.05) is 86.6 Å². The number of nitriles is 1. The third-order valence-electron chi connectivity index (χ3n) is 8.73. The van der Waals surface area contributed by atoms with Crippen LogP contribution in [-0.2, 0) is 9.53 Å². The minimum atomic E-state index is -0.614. The van der Waals surface area contributed by atoms with Gasteiger partial charge in [-0.15, -0.1) is 0 Å². The molecule has 0 aliphatic rings. The van der Waals surface area contributed by atoms with Crippen molar-refractivity contribution in [3.05, 3.63) is 154 Å². The second-order valence-corrected chi connectivity index (χ2v) is 12.8. The van der Waals surface area contributed by atoms with Crippen molar-refractivity contribution in [3.63, 3.8) is 0 Å². The van der Waals surface area contributed by atoms with Crippen LogP contribution in [0.25, 0.3) is 33.0 Å². The number of allylic oxidation sites excluding steroid dienone is 1. The van der Waals surface area contributed by atoms with E-state index < -0.39 is 5.97 Å². The maximum absolute atomic E-state index is 12.6. The van der Waals surface area contributed by atoms with Gasteiger partial charge in [-0.2, -0.15) is 0 Å². The summed E-state index contributed by atoms with van der Waals surface area (Å²) in [6.07, 6.45) is 11.5. The predicted octanol–water partition coefficient (Wildman–Crippen LogP) is 11.0. The molecule has 0 saturated carbocycles. The summed E-state index contributed by atoms with van der Waals surface area (Å²) in [6.45, 7) is 18.6. The van der Waals surface area contributed by atoms with Gasteiger partial charge in [-0.05, 0) is 115 Å². The number of ether oxygens (including phenoxy) is 2. The van der Waals surface area contributed by atoms with Crippen molar-refractivity contribution >= 4 is 23.8 Å². The maximum atomic E-state index is 12.6. The van der Waals surface area contributed by atoms with Crippen LogP contribution in [0.3, 0.4) is 0 Å². The SMILES string of the molecule is [C-]#[N+]C(C#N)=Cc1ccc(-c2ccc(OCCCCCCOC(=O)C(=Cc3ccc(C#Cc4ccc(N(C)CCCCCC)cc4)cc3)[N+]#[C-])cc2)cc1. The quantitative estimate of drug-likeness (QED) is 0.0256. The van der Waals surface area contributed by atoms with Gasteiger partial charge in [0.05, 0.1) is 32.4 Å². The van der Waals surface area contributed by atoms with E-state index in [1.165, 1.54) is 31.4 Å². The van der Waals surface area contributed by atoms with Crippen LogP contribution in [0.15, 0.2) is 108 Å². The number of anilines is 1. The maximum Gasteiger partial charge on any atom is 0.336 e. The lowest BCUT2D eigenvalue weighted by Gasteiger charge is -2.19. The first-order valence-corrected chi connectivity index (χ1v) is 18.4. The standard InChI is InChI=1S/C47H46N4O3/c1-5-6-7-10-31-51(4)44-27-21-38(22-28-44)14-13-37-15-17-40(18-16-37)35-46(50-3)47(52)54-33-12-9-8-11-32-53-45-29-25-42(26-30-45)41-23-19-39(20-24-41)34-43(36-48)49-2/h15-30,34-35H,5-12,31-33H2,1,4H3. The van der Waals surface area contributed by atoms with E-state index in [2.05, 4.69) is 52.5 Å². The summed E-state index contributed by atoms with van der Waals surface area (Å²) in [6, 6.07) is 33.2. The first kappa shape index (κ1) is 40.2. The topological polar surface area (TPSA) is 71.3 Å². The molecule has 0 spiro atoms. The molecule has 0 aliphatic heterocycles. The minimum absolute atomic E-state index is 0.0522. The molecule has 0 bridgehead atoms. The second kappa shape index (κ2) is 22.4. The molecule has 0 amide bonds. The van der Waals surface area contributed by atoms with E-state index in [1.807, 2.05) is 91.0 Å². The number of unbranched alkanes of at least 4 members (excludes halogenated alkanes) is 6. The number of hydrogen-bond donors (Lipinski definition) is 0. The van der Waals surface area contributed by atoms with E-state index in [9.17, 15) is 4.79 Å². The van der Waals surface area contributed by atoms with Gasteiger partial charge in [0.1, 0.15) is 5.75 Å². The van der Waals surface area contributed by atoms with Gasteiger partial charge in [0, 0.05) is 30.4 Å². The Morgan fingerprint density at radius 1 is 0.704 bits per heavy atom. The summed E-state index contributed by atoms with van der Waals surface area (Å²) in [5.41, 5.74) is 6.61. The molecule has 4 aromatic carbocycles. The zero-order valence-corrected chi connectivity index (χ0v) is 31.2. The number of carbonyl (C=O) groups is 1. The summed E-state index contributed by atoms with van der Waals surface area (Å²) in [5.74, 6) is 6.59. The monoisotopic (exact) mass is 714 g/mol. The molecule has 0 radical (unpaired) electrons. The molecule has 54 heavy (non-hydrogen) atoms. The molecule has 4 aromatic rings. The van der Waals surface area contributed by atoms with E-state index in [-0.39, 0.29) is 18.0 Å². The molecule has 0 N–H and O–H groups in total. The molecule has 4 rings (SSSR count). The van der Waals surface area contributed by atoms with Crippen LogP contribution >= 0.6 is 0 Å². The summed E-state index contributed by atoms with van der Waals surface area (Å²) < 4.78 is 11.3. The van der Waals surface area contributed by atoms with Crippen LogP contribution in [0, 0.1) is 36.3 Å². The normalized spacial score (nSPS) is 10.9. The molecular formula is C47H46N4O3. The third kappa shape index (κ3) is 13.5. The van der Waals surface area contributed by atoms with Gasteiger partial charge < -0.3 is 14.4 Å². The minimum Gasteiger partial charge on any atom is -0.494 e. The van der Waals surface area contributed by atoms with Gasteiger partial charge >= 0.3 is 5.97 Å². The van der Waals surface area contributed by atoms with Gasteiger partial charge in [0.25, 0.3) is 11.4 Å². The summed E-state index contributed by atoms with van der Waals surface area (Å²) in [4.78, 5) is 21.4. The highest BCUT2D eigenvalue weighted by Crippen LogP contribution is 2.24. The van der Waals surface area contributed by atoms with Crippen molar-refractivity contribution in [2.75, 3.05) is 31.7 Å². The highest BCUT2D eigenvalue weighted by Gasteiger charge is 2.11. The Morgan fingerprint density at radius 3 is 1.85 bits per heavy atom. The summed E-state index contributed by atoms with van der Waals surface area (Å²) in [7, 11) is 2.13. The Morgan fingerprint density at radius 2 is 1.26 bits per heavy atom. The molecule has 0 atom stereocenters. The van der Waals surface area contributed by atoms with E-state index in [0.717, 1.165) is 64.9 Å². The summed E-state index contributed by atoms with van der Waals surface area (Å²) >= 11 is 0. The van der Waals surface area contributed by atoms with E-state index in [4.69, 9.17) is 27.9 Å². The Kier molecular flexibility index (Phi) is 16.7. The number of nitrogens with zero attached hydrogens (tertiary/aromatic N) is 4. The Hall–Kier alpha value is -6.54. The lowest BCUT2D eigenvalue weighted by atomic mass is 10.0. The van der Waals surface area contributed by atoms with Crippen molar-refractivity contribution in [2.24, 2.45) is 0 Å². The largest absolute Gasteiger partial charge is 0.494 e. The van der Waals surface area contributed by atoms with Crippen molar-refractivity contribution in [1.82, 2.24) is 0 Å². The zero-order chi connectivity index (χ0) is 38.4. The van der Waals surface area contributed by atoms with Crippen molar-refractivity contribution < 1.29 is 14.3 Å². The van der Waals surface area contributed by atoms with Gasteiger partial charge in [-0.3, -0.25) is 4.79 Å². The molecule has 0 aromatic heterocycles. The zero-order valence-electron chi connectivity index (χ0n) is 31.2. The van der Waals surface area contributed by atoms with Crippen LogP contribution in [0.4, 0.5) is 5.69 Å². The molecule has 7 heteroatoms. The molecule has 0 heterocycles. The fraction of sp³-hybridized carbons (Fsp3) is 0.277.